The Morgan fingerprint density at radius 2 is 2.03 bits per heavy atom. The third-order valence-electron chi connectivity index (χ3n) is 4.70. The van der Waals surface area contributed by atoms with Crippen LogP contribution in [-0.4, -0.2) is 46.9 Å². The van der Waals surface area contributed by atoms with Gasteiger partial charge in [0, 0.05) is 37.8 Å². The maximum absolute atomic E-state index is 13.1. The molecule has 0 aliphatic carbocycles. The largest absolute Gasteiger partial charge is 0.435 e. The highest BCUT2D eigenvalue weighted by atomic mass is 32.1. The topological polar surface area (TPSA) is 59.4 Å². The Morgan fingerprint density at radius 3 is 2.76 bits per heavy atom. The van der Waals surface area contributed by atoms with Gasteiger partial charge in [-0.15, -0.1) is 11.3 Å². The van der Waals surface area contributed by atoms with Gasteiger partial charge in [-0.25, -0.2) is 0 Å². The average Bonchev–Trinajstić information content (AvgIpc) is 3.23. The van der Waals surface area contributed by atoms with Crippen molar-refractivity contribution in [2.45, 2.75) is 12.7 Å². The highest BCUT2D eigenvalue weighted by Crippen LogP contribution is 2.37. The molecule has 3 aromatic rings. The number of morpholine rings is 1. The van der Waals surface area contributed by atoms with Crippen molar-refractivity contribution < 1.29 is 22.7 Å². The molecule has 0 saturated carbocycles. The fraction of sp³-hybridized carbons (Fsp3) is 0.368. The van der Waals surface area contributed by atoms with Crippen molar-refractivity contribution >= 4 is 33.1 Å². The molecule has 1 N–H and O–H groups in total. The number of rotatable bonds is 4. The van der Waals surface area contributed by atoms with Crippen LogP contribution < -0.4 is 5.32 Å². The number of thiophene rings is 1. The number of fused-ring (bicyclic) bond motifs is 1. The number of nitrogens with zero attached hydrogens (tertiary/aromatic N) is 3. The van der Waals surface area contributed by atoms with E-state index in [9.17, 15) is 18.0 Å². The summed E-state index contributed by atoms with van der Waals surface area (Å²) in [5.41, 5.74) is 0.676. The van der Waals surface area contributed by atoms with Crippen molar-refractivity contribution in [2.75, 3.05) is 31.6 Å². The monoisotopic (exact) mass is 424 g/mol. The summed E-state index contributed by atoms with van der Waals surface area (Å²) in [4.78, 5) is 15.4. The van der Waals surface area contributed by atoms with Crippen LogP contribution in [0.2, 0.25) is 0 Å². The average molecular weight is 424 g/mol. The lowest BCUT2D eigenvalue weighted by atomic mass is 10.1. The molecule has 1 aliphatic heterocycles. The molecule has 10 heteroatoms. The molecule has 1 fully saturated rings. The van der Waals surface area contributed by atoms with Crippen LogP contribution in [0.3, 0.4) is 0 Å². The van der Waals surface area contributed by atoms with Crippen molar-refractivity contribution in [3.63, 3.8) is 0 Å². The van der Waals surface area contributed by atoms with E-state index in [1.54, 1.807) is 6.07 Å². The molecule has 0 unspecified atom stereocenters. The standard InChI is InChI=1S/C19H19F3N4O2S/c1-25-18-14(16(24-25)19(20,21)22)10-15(29-18)17(27)23-13-4-2-3-12(9-13)11-26-5-7-28-8-6-26/h2-4,9-10H,5-8,11H2,1H3,(H,23,27). The molecule has 1 aromatic carbocycles. The van der Waals surface area contributed by atoms with Gasteiger partial charge in [0.25, 0.3) is 5.91 Å². The lowest BCUT2D eigenvalue weighted by molar-refractivity contribution is -0.140. The molecule has 2 aromatic heterocycles. The van der Waals surface area contributed by atoms with E-state index in [1.165, 1.54) is 13.1 Å². The Kier molecular flexibility index (Phi) is 5.32. The van der Waals surface area contributed by atoms with E-state index in [4.69, 9.17) is 4.74 Å². The van der Waals surface area contributed by atoms with Crippen molar-refractivity contribution in [3.8, 4) is 0 Å². The number of benzene rings is 1. The Labute approximate surface area is 168 Å². The molecule has 0 radical (unpaired) electrons. The lowest BCUT2D eigenvalue weighted by Crippen LogP contribution is -2.35. The number of aryl methyl sites for hydroxylation is 1. The van der Waals surface area contributed by atoms with Crippen LogP contribution in [0.4, 0.5) is 18.9 Å². The zero-order valence-corrected chi connectivity index (χ0v) is 16.4. The first-order valence-electron chi connectivity index (χ1n) is 9.05. The number of halogens is 3. The van der Waals surface area contributed by atoms with Gasteiger partial charge in [0.1, 0.15) is 4.83 Å². The molecule has 3 heterocycles. The fourth-order valence-electron chi connectivity index (χ4n) is 3.32. The normalized spacial score (nSPS) is 15.7. The number of anilines is 1. The van der Waals surface area contributed by atoms with Crippen LogP contribution in [0.5, 0.6) is 0 Å². The van der Waals surface area contributed by atoms with E-state index < -0.39 is 17.8 Å². The first-order chi connectivity index (χ1) is 13.8. The zero-order valence-electron chi connectivity index (χ0n) is 15.6. The van der Waals surface area contributed by atoms with Crippen molar-refractivity contribution in [1.82, 2.24) is 14.7 Å². The third-order valence-corrected chi connectivity index (χ3v) is 5.90. The Hall–Kier alpha value is -2.43. The van der Waals surface area contributed by atoms with Crippen LogP contribution >= 0.6 is 11.3 Å². The molecule has 6 nitrogen and oxygen atoms in total. The van der Waals surface area contributed by atoms with Crippen LogP contribution in [-0.2, 0) is 24.5 Å². The molecule has 0 spiro atoms. The van der Waals surface area contributed by atoms with Gasteiger partial charge in [-0.05, 0) is 23.8 Å². The molecule has 1 aliphatic rings. The Morgan fingerprint density at radius 1 is 1.28 bits per heavy atom. The molecule has 154 valence electrons. The van der Waals surface area contributed by atoms with Gasteiger partial charge in [-0.2, -0.15) is 18.3 Å². The van der Waals surface area contributed by atoms with Crippen LogP contribution in [0.1, 0.15) is 20.9 Å². The first kappa shape index (κ1) is 19.9. The number of carbonyl (C=O) groups is 1. The number of aromatic nitrogens is 2. The Bertz CT molecular complexity index is 1040. The summed E-state index contributed by atoms with van der Waals surface area (Å²) in [5.74, 6) is -0.442. The van der Waals surface area contributed by atoms with Crippen LogP contribution in [0.25, 0.3) is 10.2 Å². The van der Waals surface area contributed by atoms with E-state index in [-0.39, 0.29) is 10.3 Å². The molecule has 0 bridgehead atoms. The summed E-state index contributed by atoms with van der Waals surface area (Å²) >= 11 is 0.987. The minimum atomic E-state index is -4.57. The number of ether oxygens (including phenoxy) is 1. The summed E-state index contributed by atoms with van der Waals surface area (Å²) in [6, 6.07) is 8.72. The number of carbonyl (C=O) groups excluding carboxylic acids is 1. The van der Waals surface area contributed by atoms with E-state index in [0.717, 1.165) is 41.2 Å². The summed E-state index contributed by atoms with van der Waals surface area (Å²) in [7, 11) is 1.44. The Balaban J connectivity index is 1.51. The predicted molar refractivity (Wildman–Crippen MR) is 104 cm³/mol. The minimum absolute atomic E-state index is 0.0591. The summed E-state index contributed by atoms with van der Waals surface area (Å²) in [6.45, 7) is 3.87. The second-order valence-electron chi connectivity index (χ2n) is 6.84. The maximum Gasteiger partial charge on any atom is 0.435 e. The van der Waals surface area contributed by atoms with Gasteiger partial charge in [-0.3, -0.25) is 14.4 Å². The first-order valence-corrected chi connectivity index (χ1v) is 9.87. The van der Waals surface area contributed by atoms with Gasteiger partial charge in [0.2, 0.25) is 0 Å². The van der Waals surface area contributed by atoms with Gasteiger partial charge >= 0.3 is 6.18 Å². The fourth-order valence-corrected chi connectivity index (χ4v) is 4.29. The minimum Gasteiger partial charge on any atom is -0.379 e. The van der Waals surface area contributed by atoms with Gasteiger partial charge in [0.15, 0.2) is 5.69 Å². The smallest absolute Gasteiger partial charge is 0.379 e. The van der Waals surface area contributed by atoms with Crippen molar-refractivity contribution in [2.24, 2.45) is 7.05 Å². The summed E-state index contributed by atoms with van der Waals surface area (Å²) in [6.07, 6.45) is -4.57. The molecular formula is C19H19F3N4O2S. The van der Waals surface area contributed by atoms with Crippen molar-refractivity contribution in [3.05, 3.63) is 46.5 Å². The molecule has 0 atom stereocenters. The lowest BCUT2D eigenvalue weighted by Gasteiger charge is -2.26. The van der Waals surface area contributed by atoms with E-state index >= 15 is 0 Å². The second-order valence-corrected chi connectivity index (χ2v) is 7.87. The van der Waals surface area contributed by atoms with Crippen LogP contribution in [0.15, 0.2) is 30.3 Å². The number of amides is 1. The van der Waals surface area contributed by atoms with Gasteiger partial charge < -0.3 is 10.1 Å². The van der Waals surface area contributed by atoms with Crippen molar-refractivity contribution in [1.29, 1.82) is 0 Å². The zero-order chi connectivity index (χ0) is 20.6. The van der Waals surface area contributed by atoms with E-state index in [2.05, 4.69) is 15.3 Å². The summed E-state index contributed by atoms with van der Waals surface area (Å²) < 4.78 is 45.9. The van der Waals surface area contributed by atoms with E-state index in [0.29, 0.717) is 23.7 Å². The molecule has 1 amide bonds. The number of alkyl halides is 3. The molecule has 4 rings (SSSR count). The quantitative estimate of drug-likeness (QED) is 0.693. The summed E-state index contributed by atoms with van der Waals surface area (Å²) in [5, 5.41) is 6.25. The molecule has 1 saturated heterocycles. The maximum atomic E-state index is 13.1. The SMILES string of the molecule is Cn1nc(C(F)(F)F)c2cc(C(=O)Nc3cccc(CN4CCOCC4)c3)sc21. The predicted octanol–water partition coefficient (Wildman–Crippen LogP) is 3.74. The van der Waals surface area contributed by atoms with Crippen LogP contribution in [0, 0.1) is 0 Å². The molecule has 29 heavy (non-hydrogen) atoms. The number of hydrogen-bond acceptors (Lipinski definition) is 5. The highest BCUT2D eigenvalue weighted by Gasteiger charge is 2.37. The third kappa shape index (κ3) is 4.29. The van der Waals surface area contributed by atoms with Gasteiger partial charge in [-0.1, -0.05) is 12.1 Å². The number of hydrogen-bond donors (Lipinski definition) is 1. The second kappa shape index (κ2) is 7.77. The highest BCUT2D eigenvalue weighted by molar-refractivity contribution is 7.20. The van der Waals surface area contributed by atoms with E-state index in [1.807, 2.05) is 18.2 Å². The molecular weight excluding hydrogens is 405 g/mol. The number of nitrogens with one attached hydrogen (secondary N) is 1. The van der Waals surface area contributed by atoms with Gasteiger partial charge in [0.05, 0.1) is 18.1 Å².